The van der Waals surface area contributed by atoms with Gasteiger partial charge in [0.25, 0.3) is 11.5 Å². The van der Waals surface area contributed by atoms with E-state index in [-0.39, 0.29) is 17.9 Å². The van der Waals surface area contributed by atoms with E-state index in [0.29, 0.717) is 15.8 Å². The Balaban J connectivity index is 0.000000555. The summed E-state index contributed by atoms with van der Waals surface area (Å²) >= 11 is 7.09. The summed E-state index contributed by atoms with van der Waals surface area (Å²) in [5.41, 5.74) is 2.35. The minimum Gasteiger partial charge on any atom is -0.481 e. The summed E-state index contributed by atoms with van der Waals surface area (Å²) in [4.78, 5) is 38.3. The Labute approximate surface area is 198 Å². The van der Waals surface area contributed by atoms with Gasteiger partial charge in [0.1, 0.15) is 0 Å². The van der Waals surface area contributed by atoms with Crippen LogP contribution in [0.5, 0.6) is 0 Å². The Bertz CT molecular complexity index is 1290. The first kappa shape index (κ1) is 24.0. The largest absolute Gasteiger partial charge is 0.481 e. The minimum absolute atomic E-state index is 0.0806. The summed E-state index contributed by atoms with van der Waals surface area (Å²) in [6.45, 7) is 1.92. The van der Waals surface area contributed by atoms with E-state index in [0.717, 1.165) is 17.1 Å². The predicted octanol–water partition coefficient (Wildman–Crippen LogP) is 4.15. The van der Waals surface area contributed by atoms with E-state index in [9.17, 15) is 14.4 Å². The highest BCUT2D eigenvalue weighted by Gasteiger charge is 2.09. The van der Waals surface area contributed by atoms with Gasteiger partial charge in [0.2, 0.25) is 0 Å². The summed E-state index contributed by atoms with van der Waals surface area (Å²) < 4.78 is 4.02. The van der Waals surface area contributed by atoms with Crippen molar-refractivity contribution >= 4 is 34.8 Å². The van der Waals surface area contributed by atoms with Crippen LogP contribution in [0, 0.1) is 0 Å². The number of hydrogen-bond acceptors (Lipinski definition) is 5. The van der Waals surface area contributed by atoms with E-state index in [1.807, 2.05) is 41.1 Å². The number of rotatable bonds is 6. The maximum Gasteiger partial charge on any atom is 0.303 e. The molecular weight excluding hydrogens is 464 g/mol. The third-order valence-corrected chi connectivity index (χ3v) is 5.64. The number of benzene rings is 1. The third kappa shape index (κ3) is 6.64. The quantitative estimate of drug-likeness (QED) is 0.427. The number of carbonyl (C=O) groups is 2. The van der Waals surface area contributed by atoms with Gasteiger partial charge in [-0.2, -0.15) is 0 Å². The Morgan fingerprint density at radius 1 is 1.09 bits per heavy atom. The van der Waals surface area contributed by atoms with Crippen LogP contribution in [-0.4, -0.2) is 31.1 Å². The number of aromatic nitrogens is 3. The van der Waals surface area contributed by atoms with Gasteiger partial charge in [0.15, 0.2) is 0 Å². The molecule has 4 aromatic rings. The van der Waals surface area contributed by atoms with Gasteiger partial charge in [-0.25, -0.2) is 4.98 Å². The first-order valence-electron chi connectivity index (χ1n) is 9.94. The lowest BCUT2D eigenvalue weighted by atomic mass is 10.2. The van der Waals surface area contributed by atoms with E-state index in [2.05, 4.69) is 10.3 Å². The molecule has 0 radical (unpaired) electrons. The summed E-state index contributed by atoms with van der Waals surface area (Å²) in [5, 5.41) is 10.6. The highest BCUT2D eigenvalue weighted by atomic mass is 35.5. The van der Waals surface area contributed by atoms with Crippen molar-refractivity contribution in [1.82, 2.24) is 19.4 Å². The van der Waals surface area contributed by atoms with Crippen molar-refractivity contribution in [3.63, 3.8) is 0 Å². The molecule has 0 spiro atoms. The third-order valence-electron chi connectivity index (χ3n) is 4.41. The van der Waals surface area contributed by atoms with Crippen LogP contribution in [0.15, 0.2) is 78.1 Å². The number of carbonyl (C=O) groups excluding carboxylic acids is 1. The number of carboxylic acid groups (broad SMARTS) is 1. The Hall–Kier alpha value is -3.69. The van der Waals surface area contributed by atoms with Crippen LogP contribution in [0.4, 0.5) is 0 Å². The second-order valence-corrected chi connectivity index (χ2v) is 8.45. The number of halogens is 1. The van der Waals surface area contributed by atoms with Crippen molar-refractivity contribution in [3.05, 3.63) is 98.6 Å². The number of carboxylic acids is 1. The monoisotopic (exact) mass is 484 g/mol. The Morgan fingerprint density at radius 3 is 2.39 bits per heavy atom. The average Bonchev–Trinajstić information content (AvgIpc) is 3.48. The molecule has 0 fully saturated rings. The molecule has 8 nitrogen and oxygen atoms in total. The molecule has 3 heterocycles. The fraction of sp³-hybridized carbons (Fsp3) is 0.130. The normalized spacial score (nSPS) is 10.2. The SMILES string of the molecule is CCC(=O)O.O=C(NCc1cn(-c2ccc(-n3ccccc3=O)cc2)cn1)c1ccc(Cl)s1. The molecule has 33 heavy (non-hydrogen) atoms. The van der Waals surface area contributed by atoms with Crippen LogP contribution in [0.3, 0.4) is 0 Å². The zero-order chi connectivity index (χ0) is 23.8. The Kier molecular flexibility index (Phi) is 8.17. The molecule has 0 atom stereocenters. The molecule has 0 aliphatic heterocycles. The lowest BCUT2D eigenvalue weighted by Gasteiger charge is -2.07. The molecule has 4 rings (SSSR count). The van der Waals surface area contributed by atoms with Crippen LogP contribution < -0.4 is 10.9 Å². The smallest absolute Gasteiger partial charge is 0.303 e. The average molecular weight is 485 g/mol. The molecule has 170 valence electrons. The van der Waals surface area contributed by atoms with E-state index in [1.165, 1.54) is 17.4 Å². The molecule has 2 N–H and O–H groups in total. The molecule has 0 unspecified atom stereocenters. The number of amides is 1. The van der Waals surface area contributed by atoms with Crippen molar-refractivity contribution in [2.45, 2.75) is 19.9 Å². The molecule has 0 aliphatic rings. The van der Waals surface area contributed by atoms with Crippen molar-refractivity contribution in [2.75, 3.05) is 0 Å². The van der Waals surface area contributed by atoms with Crippen molar-refractivity contribution < 1.29 is 14.7 Å². The van der Waals surface area contributed by atoms with Gasteiger partial charge in [-0.15, -0.1) is 11.3 Å². The van der Waals surface area contributed by atoms with E-state index < -0.39 is 5.97 Å². The number of pyridine rings is 1. The fourth-order valence-electron chi connectivity index (χ4n) is 2.72. The minimum atomic E-state index is -0.745. The molecule has 10 heteroatoms. The van der Waals surface area contributed by atoms with Crippen LogP contribution in [0.2, 0.25) is 4.34 Å². The van der Waals surface area contributed by atoms with E-state index in [1.54, 1.807) is 42.2 Å². The highest BCUT2D eigenvalue weighted by Crippen LogP contribution is 2.21. The lowest BCUT2D eigenvalue weighted by molar-refractivity contribution is -0.136. The number of hydrogen-bond donors (Lipinski definition) is 2. The summed E-state index contributed by atoms with van der Waals surface area (Å²) in [5.74, 6) is -0.922. The summed E-state index contributed by atoms with van der Waals surface area (Å²) in [7, 11) is 0. The zero-order valence-corrected chi connectivity index (χ0v) is 19.2. The molecular formula is C23H21ClN4O4S. The first-order valence-corrected chi connectivity index (χ1v) is 11.1. The van der Waals surface area contributed by atoms with E-state index in [4.69, 9.17) is 16.7 Å². The van der Waals surface area contributed by atoms with Crippen LogP contribution in [0.25, 0.3) is 11.4 Å². The molecule has 0 saturated heterocycles. The molecule has 1 amide bonds. The predicted molar refractivity (Wildman–Crippen MR) is 128 cm³/mol. The van der Waals surface area contributed by atoms with Crippen molar-refractivity contribution in [2.24, 2.45) is 0 Å². The molecule has 0 aliphatic carbocycles. The maximum absolute atomic E-state index is 12.1. The van der Waals surface area contributed by atoms with Gasteiger partial charge in [-0.05, 0) is 42.5 Å². The number of thiophene rings is 1. The zero-order valence-electron chi connectivity index (χ0n) is 17.6. The second-order valence-electron chi connectivity index (χ2n) is 6.73. The van der Waals surface area contributed by atoms with Gasteiger partial charge >= 0.3 is 5.97 Å². The summed E-state index contributed by atoms with van der Waals surface area (Å²) in [6.07, 6.45) is 5.49. The molecule has 0 bridgehead atoms. The van der Waals surface area contributed by atoms with Gasteiger partial charge in [0.05, 0.1) is 27.8 Å². The molecule has 3 aromatic heterocycles. The lowest BCUT2D eigenvalue weighted by Crippen LogP contribution is -2.21. The number of imidazole rings is 1. The number of nitrogens with zero attached hydrogens (tertiary/aromatic N) is 3. The van der Waals surface area contributed by atoms with E-state index >= 15 is 0 Å². The maximum atomic E-state index is 12.1. The van der Waals surface area contributed by atoms with Crippen LogP contribution >= 0.6 is 22.9 Å². The van der Waals surface area contributed by atoms with Gasteiger partial charge in [-0.1, -0.05) is 24.6 Å². The van der Waals surface area contributed by atoms with Gasteiger partial charge in [-0.3, -0.25) is 19.0 Å². The van der Waals surface area contributed by atoms with Gasteiger partial charge in [0, 0.05) is 36.3 Å². The van der Waals surface area contributed by atoms with Crippen LogP contribution in [-0.2, 0) is 11.3 Å². The Morgan fingerprint density at radius 2 is 1.79 bits per heavy atom. The highest BCUT2D eigenvalue weighted by molar-refractivity contribution is 7.17. The first-order chi connectivity index (χ1) is 15.9. The fourth-order valence-corrected chi connectivity index (χ4v) is 3.68. The molecule has 0 saturated carbocycles. The standard InChI is InChI=1S/C20H15ClN4O2S.C3H6O2/c21-18-9-8-17(28-18)20(27)22-11-14-12-24(13-23-14)15-4-6-16(7-5-15)25-10-2-1-3-19(25)26;1-2-3(4)5/h1-10,12-13H,11H2,(H,22,27);2H2,1H3,(H,4,5). The van der Waals surface area contributed by atoms with Gasteiger partial charge < -0.3 is 15.0 Å². The molecule has 1 aromatic carbocycles. The number of aliphatic carboxylic acids is 1. The van der Waals surface area contributed by atoms with Crippen molar-refractivity contribution in [1.29, 1.82) is 0 Å². The van der Waals surface area contributed by atoms with Crippen molar-refractivity contribution in [3.8, 4) is 11.4 Å². The number of nitrogens with one attached hydrogen (secondary N) is 1. The van der Waals surface area contributed by atoms with Crippen LogP contribution in [0.1, 0.15) is 28.7 Å². The second kappa shape index (κ2) is 11.3. The summed E-state index contributed by atoms with van der Waals surface area (Å²) in [6, 6.07) is 16.0. The topological polar surface area (TPSA) is 106 Å².